The van der Waals surface area contributed by atoms with Crippen LogP contribution in [0.4, 0.5) is 0 Å². The van der Waals surface area contributed by atoms with Crippen LogP contribution >= 0.6 is 11.6 Å². The van der Waals surface area contributed by atoms with Gasteiger partial charge >= 0.3 is 0 Å². The van der Waals surface area contributed by atoms with E-state index in [1.165, 1.54) is 13.2 Å². The number of primary amides is 1. The van der Waals surface area contributed by atoms with E-state index in [9.17, 15) is 4.79 Å². The second-order valence-electron chi connectivity index (χ2n) is 2.92. The van der Waals surface area contributed by atoms with Crippen molar-refractivity contribution in [1.29, 1.82) is 5.26 Å². The molecule has 0 unspecified atom stereocenters. The van der Waals surface area contributed by atoms with Crippen LogP contribution in [-0.2, 0) is 4.79 Å². The van der Waals surface area contributed by atoms with Crippen molar-refractivity contribution < 1.29 is 9.53 Å². The molecule has 1 aromatic carbocycles. The van der Waals surface area contributed by atoms with E-state index in [-0.39, 0.29) is 5.57 Å². The third-order valence-electron chi connectivity index (χ3n) is 1.88. The number of rotatable bonds is 3. The number of ether oxygens (including phenoxy) is 1. The van der Waals surface area contributed by atoms with Crippen LogP contribution in [0.25, 0.3) is 6.08 Å². The first kappa shape index (κ1) is 12.1. The van der Waals surface area contributed by atoms with Gasteiger partial charge in [-0.25, -0.2) is 0 Å². The number of hydrogen-bond acceptors (Lipinski definition) is 3. The fraction of sp³-hybridized carbons (Fsp3) is 0.0909. The third kappa shape index (κ3) is 2.75. The van der Waals surface area contributed by atoms with Gasteiger partial charge in [0.1, 0.15) is 17.4 Å². The summed E-state index contributed by atoms with van der Waals surface area (Å²) in [6.07, 6.45) is 1.34. The maximum absolute atomic E-state index is 10.9. The van der Waals surface area contributed by atoms with Gasteiger partial charge in [-0.1, -0.05) is 11.6 Å². The van der Waals surface area contributed by atoms with Crippen LogP contribution in [0.5, 0.6) is 5.75 Å². The zero-order valence-electron chi connectivity index (χ0n) is 8.53. The van der Waals surface area contributed by atoms with E-state index in [4.69, 9.17) is 27.3 Å². The monoisotopic (exact) mass is 236 g/mol. The number of methoxy groups -OCH3 is 1. The molecule has 0 radical (unpaired) electrons. The fourth-order valence-corrected chi connectivity index (χ4v) is 1.31. The zero-order valence-corrected chi connectivity index (χ0v) is 9.28. The van der Waals surface area contributed by atoms with Crippen LogP contribution in [-0.4, -0.2) is 13.0 Å². The Morgan fingerprint density at radius 2 is 2.31 bits per heavy atom. The molecule has 4 nitrogen and oxygen atoms in total. The Morgan fingerprint density at radius 1 is 1.62 bits per heavy atom. The molecule has 0 saturated heterocycles. The summed E-state index contributed by atoms with van der Waals surface area (Å²) < 4.78 is 5.06. The van der Waals surface area contributed by atoms with Gasteiger partial charge in [0, 0.05) is 10.6 Å². The number of amides is 1. The molecule has 82 valence electrons. The van der Waals surface area contributed by atoms with Gasteiger partial charge in [-0.15, -0.1) is 0 Å². The molecule has 0 atom stereocenters. The molecule has 16 heavy (non-hydrogen) atoms. The smallest absolute Gasteiger partial charge is 0.259 e. The Bertz CT molecular complexity index is 489. The number of hydrogen-bond donors (Lipinski definition) is 1. The van der Waals surface area contributed by atoms with Gasteiger partial charge in [-0.2, -0.15) is 5.26 Å². The molecule has 2 N–H and O–H groups in total. The minimum Gasteiger partial charge on any atom is -0.496 e. The molecule has 0 bridgehead atoms. The highest BCUT2D eigenvalue weighted by Crippen LogP contribution is 2.24. The molecular formula is C11H9ClN2O2. The molecule has 0 aromatic heterocycles. The van der Waals surface area contributed by atoms with Gasteiger partial charge in [0.2, 0.25) is 0 Å². The standard InChI is InChI=1S/C11H9ClN2O2/c1-16-10-3-2-9(12)5-7(10)4-8(6-13)11(14)15/h2-5H,1H3,(H2,14,15)/b8-4+. The van der Waals surface area contributed by atoms with E-state index in [2.05, 4.69) is 0 Å². The van der Waals surface area contributed by atoms with Crippen LogP contribution in [0.1, 0.15) is 5.56 Å². The summed E-state index contributed by atoms with van der Waals surface area (Å²) in [6, 6.07) is 6.58. The van der Waals surface area contributed by atoms with E-state index in [0.29, 0.717) is 16.3 Å². The van der Waals surface area contributed by atoms with Gasteiger partial charge in [0.25, 0.3) is 5.91 Å². The van der Waals surface area contributed by atoms with Crippen LogP contribution < -0.4 is 10.5 Å². The summed E-state index contributed by atoms with van der Waals surface area (Å²) in [5, 5.41) is 9.18. The van der Waals surface area contributed by atoms with Crippen molar-refractivity contribution in [1.82, 2.24) is 0 Å². The molecule has 0 fully saturated rings. The van der Waals surface area contributed by atoms with E-state index >= 15 is 0 Å². The van der Waals surface area contributed by atoms with E-state index < -0.39 is 5.91 Å². The normalized spacial score (nSPS) is 10.7. The number of benzene rings is 1. The molecule has 0 aliphatic carbocycles. The highest BCUT2D eigenvalue weighted by Gasteiger charge is 2.07. The Morgan fingerprint density at radius 3 is 2.81 bits per heavy atom. The molecular weight excluding hydrogens is 228 g/mol. The van der Waals surface area contributed by atoms with Crippen molar-refractivity contribution in [2.24, 2.45) is 5.73 Å². The summed E-state index contributed by atoms with van der Waals surface area (Å²) in [4.78, 5) is 10.9. The summed E-state index contributed by atoms with van der Waals surface area (Å²) in [5.74, 6) is -0.275. The summed E-state index contributed by atoms with van der Waals surface area (Å²) in [7, 11) is 1.48. The molecule has 1 aromatic rings. The number of carbonyl (C=O) groups is 1. The number of halogens is 1. The first-order valence-corrected chi connectivity index (χ1v) is 4.71. The molecule has 0 aliphatic heterocycles. The lowest BCUT2D eigenvalue weighted by atomic mass is 10.1. The van der Waals surface area contributed by atoms with Crippen molar-refractivity contribution >= 4 is 23.6 Å². The fourth-order valence-electron chi connectivity index (χ4n) is 1.13. The first-order valence-electron chi connectivity index (χ1n) is 4.33. The van der Waals surface area contributed by atoms with Gasteiger partial charge in [0.15, 0.2) is 0 Å². The molecule has 1 rings (SSSR count). The van der Waals surface area contributed by atoms with Crippen LogP contribution in [0.2, 0.25) is 5.02 Å². The minimum absolute atomic E-state index is 0.152. The minimum atomic E-state index is -0.787. The van der Waals surface area contributed by atoms with E-state index in [0.717, 1.165) is 0 Å². The molecule has 5 heteroatoms. The van der Waals surface area contributed by atoms with Crippen molar-refractivity contribution in [3.05, 3.63) is 34.4 Å². The Kier molecular flexibility index (Phi) is 3.92. The number of nitrogens with two attached hydrogens (primary N) is 1. The molecule has 1 amide bonds. The number of nitriles is 1. The number of carbonyl (C=O) groups excluding carboxylic acids is 1. The highest BCUT2D eigenvalue weighted by molar-refractivity contribution is 6.30. The van der Waals surface area contributed by atoms with Gasteiger partial charge in [-0.3, -0.25) is 4.79 Å². The number of nitrogens with zero attached hydrogens (tertiary/aromatic N) is 1. The second-order valence-corrected chi connectivity index (χ2v) is 3.36. The predicted molar refractivity (Wildman–Crippen MR) is 60.8 cm³/mol. The van der Waals surface area contributed by atoms with Gasteiger partial charge in [-0.05, 0) is 24.3 Å². The lowest BCUT2D eigenvalue weighted by Gasteiger charge is -2.05. The molecule has 0 spiro atoms. The van der Waals surface area contributed by atoms with Crippen molar-refractivity contribution in [3.8, 4) is 11.8 Å². The lowest BCUT2D eigenvalue weighted by Crippen LogP contribution is -2.12. The molecule has 0 heterocycles. The molecule has 0 aliphatic rings. The maximum Gasteiger partial charge on any atom is 0.259 e. The summed E-state index contributed by atoms with van der Waals surface area (Å²) in [6.45, 7) is 0. The van der Waals surface area contributed by atoms with Gasteiger partial charge < -0.3 is 10.5 Å². The van der Waals surface area contributed by atoms with Crippen LogP contribution in [0.3, 0.4) is 0 Å². The average molecular weight is 237 g/mol. The van der Waals surface area contributed by atoms with Crippen molar-refractivity contribution in [2.75, 3.05) is 7.11 Å². The average Bonchev–Trinajstić information content (AvgIpc) is 2.25. The largest absolute Gasteiger partial charge is 0.496 e. The highest BCUT2D eigenvalue weighted by atomic mass is 35.5. The Hall–Kier alpha value is -1.99. The second kappa shape index (κ2) is 5.19. The summed E-state index contributed by atoms with van der Waals surface area (Å²) >= 11 is 5.80. The van der Waals surface area contributed by atoms with Gasteiger partial charge in [0.05, 0.1) is 7.11 Å². The van der Waals surface area contributed by atoms with Crippen molar-refractivity contribution in [3.63, 3.8) is 0 Å². The third-order valence-corrected chi connectivity index (χ3v) is 2.11. The molecule has 0 saturated carbocycles. The predicted octanol–water partition coefficient (Wildman–Crippen LogP) is 1.74. The van der Waals surface area contributed by atoms with Crippen LogP contribution in [0, 0.1) is 11.3 Å². The zero-order chi connectivity index (χ0) is 12.1. The Labute approximate surface area is 97.9 Å². The van der Waals surface area contributed by atoms with E-state index in [1.807, 2.05) is 0 Å². The summed E-state index contributed by atoms with van der Waals surface area (Å²) in [5.41, 5.74) is 5.40. The Balaban J connectivity index is 3.27. The topological polar surface area (TPSA) is 76.1 Å². The maximum atomic E-state index is 10.9. The van der Waals surface area contributed by atoms with Crippen molar-refractivity contribution in [2.45, 2.75) is 0 Å². The lowest BCUT2D eigenvalue weighted by molar-refractivity contribution is -0.114. The van der Waals surface area contributed by atoms with E-state index in [1.54, 1.807) is 24.3 Å². The first-order chi connectivity index (χ1) is 7.58. The van der Waals surface area contributed by atoms with Crippen LogP contribution in [0.15, 0.2) is 23.8 Å². The SMILES string of the molecule is COc1ccc(Cl)cc1/C=C(\C#N)C(N)=O. The quantitative estimate of drug-likeness (QED) is 0.642.